The topological polar surface area (TPSA) is 80.7 Å². The fourth-order valence-corrected chi connectivity index (χ4v) is 5.25. The molecule has 3 aromatic rings. The summed E-state index contributed by atoms with van der Waals surface area (Å²) in [6.07, 6.45) is 6.25. The number of para-hydroxylation sites is 2. The standard InChI is InChI=1S/C28H33N5O2/c1-32-24-10-3-2-9-23(24)31-26(32)19-33(25-11-4-7-20-8-5-16-29-27(20)25)18-6-17-30-28(35)21-12-14-22(34)15-13-21/h2-3,5,8-10,12-16,25-26,31,34H,4,6-7,11,17-19H2,1H3,(H,30,35). The lowest BCUT2D eigenvalue weighted by molar-refractivity contribution is 0.0949. The number of aromatic nitrogens is 1. The molecule has 1 amide bonds. The number of phenolic OH excluding ortho intramolecular Hbond substituents is 1. The van der Waals surface area contributed by atoms with Gasteiger partial charge in [0.25, 0.3) is 5.91 Å². The second-order valence-electron chi connectivity index (χ2n) is 9.40. The number of pyridine rings is 1. The molecule has 3 N–H and O–H groups in total. The van der Waals surface area contributed by atoms with Crippen LogP contribution in [0, 0.1) is 0 Å². The van der Waals surface area contributed by atoms with Gasteiger partial charge in [0, 0.05) is 38.4 Å². The number of aromatic hydroxyl groups is 1. The monoisotopic (exact) mass is 471 g/mol. The van der Waals surface area contributed by atoms with Crippen LogP contribution in [-0.4, -0.2) is 53.7 Å². The third-order valence-corrected chi connectivity index (χ3v) is 7.12. The Morgan fingerprint density at radius 1 is 1.17 bits per heavy atom. The zero-order valence-electron chi connectivity index (χ0n) is 20.2. The average Bonchev–Trinajstić information content (AvgIpc) is 3.21. The number of carbonyl (C=O) groups excluding carboxylic acids is 1. The van der Waals surface area contributed by atoms with Crippen LogP contribution in [0.25, 0.3) is 0 Å². The molecule has 0 spiro atoms. The number of likely N-dealkylation sites (N-methyl/N-ethyl adjacent to an activating group) is 1. The molecule has 1 aliphatic heterocycles. The molecule has 7 nitrogen and oxygen atoms in total. The summed E-state index contributed by atoms with van der Waals surface area (Å²) in [5, 5.41) is 16.2. The number of phenols is 1. The van der Waals surface area contributed by atoms with Crippen LogP contribution in [0.15, 0.2) is 66.9 Å². The zero-order valence-corrected chi connectivity index (χ0v) is 20.2. The van der Waals surface area contributed by atoms with Gasteiger partial charge < -0.3 is 20.6 Å². The van der Waals surface area contributed by atoms with E-state index in [1.807, 2.05) is 12.3 Å². The van der Waals surface area contributed by atoms with Crippen molar-refractivity contribution < 1.29 is 9.90 Å². The number of hydrogen-bond acceptors (Lipinski definition) is 6. The molecule has 0 fully saturated rings. The molecular weight excluding hydrogens is 438 g/mol. The van der Waals surface area contributed by atoms with Crippen molar-refractivity contribution in [2.75, 3.05) is 36.9 Å². The molecule has 182 valence electrons. The van der Waals surface area contributed by atoms with E-state index in [9.17, 15) is 9.90 Å². The number of carbonyl (C=O) groups is 1. The first-order valence-corrected chi connectivity index (χ1v) is 12.4. The second kappa shape index (κ2) is 10.4. The van der Waals surface area contributed by atoms with Crippen LogP contribution in [-0.2, 0) is 6.42 Å². The molecule has 35 heavy (non-hydrogen) atoms. The maximum atomic E-state index is 12.5. The Hall–Kier alpha value is -3.58. The quantitative estimate of drug-likeness (QED) is 0.428. The van der Waals surface area contributed by atoms with Crippen LogP contribution in [0.1, 0.15) is 46.9 Å². The number of anilines is 2. The van der Waals surface area contributed by atoms with Gasteiger partial charge in [0.2, 0.25) is 0 Å². The Balaban J connectivity index is 1.27. The first-order chi connectivity index (χ1) is 17.1. The number of rotatable bonds is 8. The third-order valence-electron chi connectivity index (χ3n) is 7.12. The van der Waals surface area contributed by atoms with Crippen molar-refractivity contribution in [3.8, 4) is 5.75 Å². The summed E-state index contributed by atoms with van der Waals surface area (Å²) in [6, 6.07) is 19.3. The highest BCUT2D eigenvalue weighted by Crippen LogP contribution is 2.36. The average molecular weight is 472 g/mol. The summed E-state index contributed by atoms with van der Waals surface area (Å²) < 4.78 is 0. The van der Waals surface area contributed by atoms with Crippen LogP contribution in [0.5, 0.6) is 5.75 Å². The Labute approximate surface area is 206 Å². The van der Waals surface area contributed by atoms with Gasteiger partial charge in [0.15, 0.2) is 0 Å². The van der Waals surface area contributed by atoms with E-state index in [0.717, 1.165) is 38.8 Å². The van der Waals surface area contributed by atoms with E-state index in [1.165, 1.54) is 34.8 Å². The number of aryl methyl sites for hydroxylation is 1. The van der Waals surface area contributed by atoms with Crippen LogP contribution < -0.4 is 15.5 Å². The van der Waals surface area contributed by atoms with Crippen LogP contribution in [0.2, 0.25) is 0 Å². The summed E-state index contributed by atoms with van der Waals surface area (Å²) in [5.74, 6) is 0.0417. The maximum absolute atomic E-state index is 12.5. The third kappa shape index (κ3) is 5.10. The predicted octanol–water partition coefficient (Wildman–Crippen LogP) is 4.17. The second-order valence-corrected chi connectivity index (χ2v) is 9.40. The van der Waals surface area contributed by atoms with Crippen LogP contribution in [0.4, 0.5) is 11.4 Å². The molecule has 1 aliphatic carbocycles. The molecule has 0 saturated heterocycles. The highest BCUT2D eigenvalue weighted by Gasteiger charge is 2.32. The van der Waals surface area contributed by atoms with Crippen molar-refractivity contribution in [3.05, 3.63) is 83.7 Å². The van der Waals surface area contributed by atoms with E-state index in [1.54, 1.807) is 12.1 Å². The van der Waals surface area contributed by atoms with Crippen LogP contribution in [0.3, 0.4) is 0 Å². The van der Waals surface area contributed by atoms with E-state index < -0.39 is 0 Å². The summed E-state index contributed by atoms with van der Waals surface area (Å²) in [6.45, 7) is 2.31. The van der Waals surface area contributed by atoms with E-state index in [0.29, 0.717) is 12.1 Å². The lowest BCUT2D eigenvalue weighted by atomic mass is 9.90. The molecule has 2 atom stereocenters. The zero-order chi connectivity index (χ0) is 24.2. The number of fused-ring (bicyclic) bond motifs is 2. The van der Waals surface area contributed by atoms with Gasteiger partial charge in [-0.3, -0.25) is 14.7 Å². The Morgan fingerprint density at radius 3 is 2.83 bits per heavy atom. The van der Waals surface area contributed by atoms with Crippen molar-refractivity contribution in [1.82, 2.24) is 15.2 Å². The minimum Gasteiger partial charge on any atom is -0.508 e. The lowest BCUT2D eigenvalue weighted by Gasteiger charge is -2.38. The summed E-state index contributed by atoms with van der Waals surface area (Å²) in [4.78, 5) is 22.1. The van der Waals surface area contributed by atoms with Gasteiger partial charge in [-0.15, -0.1) is 0 Å². The van der Waals surface area contributed by atoms with Crippen molar-refractivity contribution in [2.24, 2.45) is 0 Å². The number of benzene rings is 2. The lowest BCUT2D eigenvalue weighted by Crippen LogP contribution is -2.46. The van der Waals surface area contributed by atoms with E-state index in [2.05, 4.69) is 57.8 Å². The highest BCUT2D eigenvalue weighted by molar-refractivity contribution is 5.94. The van der Waals surface area contributed by atoms with E-state index in [4.69, 9.17) is 4.98 Å². The van der Waals surface area contributed by atoms with Crippen molar-refractivity contribution in [2.45, 2.75) is 37.9 Å². The van der Waals surface area contributed by atoms with E-state index in [-0.39, 0.29) is 23.9 Å². The summed E-state index contributed by atoms with van der Waals surface area (Å²) >= 11 is 0. The Bertz CT molecular complexity index is 1170. The van der Waals surface area contributed by atoms with Crippen molar-refractivity contribution in [3.63, 3.8) is 0 Å². The molecule has 0 saturated carbocycles. The number of nitrogens with zero attached hydrogens (tertiary/aromatic N) is 3. The molecular formula is C28H33N5O2. The van der Waals surface area contributed by atoms with Gasteiger partial charge in [-0.05, 0) is 73.7 Å². The fourth-order valence-electron chi connectivity index (χ4n) is 5.25. The van der Waals surface area contributed by atoms with Gasteiger partial charge in [-0.2, -0.15) is 0 Å². The number of amides is 1. The molecule has 0 radical (unpaired) electrons. The maximum Gasteiger partial charge on any atom is 0.251 e. The Kier molecular flexibility index (Phi) is 6.86. The highest BCUT2D eigenvalue weighted by atomic mass is 16.3. The normalized spacial score (nSPS) is 18.6. The van der Waals surface area contributed by atoms with Gasteiger partial charge in [0.05, 0.1) is 23.1 Å². The molecule has 2 aliphatic rings. The molecule has 7 heteroatoms. The van der Waals surface area contributed by atoms with Gasteiger partial charge in [-0.25, -0.2) is 0 Å². The van der Waals surface area contributed by atoms with Gasteiger partial charge >= 0.3 is 0 Å². The molecule has 1 aromatic heterocycles. The van der Waals surface area contributed by atoms with Gasteiger partial charge in [-0.1, -0.05) is 18.2 Å². The number of hydrogen-bond donors (Lipinski definition) is 3. The van der Waals surface area contributed by atoms with Crippen LogP contribution >= 0.6 is 0 Å². The fraction of sp³-hybridized carbons (Fsp3) is 0.357. The predicted molar refractivity (Wildman–Crippen MR) is 139 cm³/mol. The van der Waals surface area contributed by atoms with E-state index >= 15 is 0 Å². The summed E-state index contributed by atoms with van der Waals surface area (Å²) in [5.41, 5.74) is 5.50. The van der Waals surface area contributed by atoms with Crippen molar-refractivity contribution >= 4 is 17.3 Å². The molecule has 2 unspecified atom stereocenters. The minimum absolute atomic E-state index is 0.117. The summed E-state index contributed by atoms with van der Waals surface area (Å²) in [7, 11) is 2.15. The first-order valence-electron chi connectivity index (χ1n) is 12.4. The molecule has 2 heterocycles. The van der Waals surface area contributed by atoms with Gasteiger partial charge in [0.1, 0.15) is 11.9 Å². The molecule has 5 rings (SSSR count). The Morgan fingerprint density at radius 2 is 2.00 bits per heavy atom. The smallest absolute Gasteiger partial charge is 0.251 e. The number of nitrogens with one attached hydrogen (secondary N) is 2. The molecule has 0 bridgehead atoms. The SMILES string of the molecule is CN1c2ccccc2NC1CN(CCCNC(=O)c1ccc(O)cc1)C1CCCc2cccnc21. The van der Waals surface area contributed by atoms with Crippen molar-refractivity contribution in [1.29, 1.82) is 0 Å². The minimum atomic E-state index is -0.117. The largest absolute Gasteiger partial charge is 0.508 e. The first kappa shape index (κ1) is 23.2. The molecule has 2 aromatic carbocycles.